The summed E-state index contributed by atoms with van der Waals surface area (Å²) in [7, 11) is 4.82. The van der Waals surface area contributed by atoms with Crippen molar-refractivity contribution < 1.29 is 18.7 Å². The monoisotopic (exact) mass is 352 g/mol. The highest BCUT2D eigenvalue weighted by Gasteiger charge is 2.25. The van der Waals surface area contributed by atoms with E-state index < -0.39 is 5.82 Å². The first-order valence-corrected chi connectivity index (χ1v) is 8.18. The lowest BCUT2D eigenvalue weighted by Gasteiger charge is -2.36. The van der Waals surface area contributed by atoms with Crippen molar-refractivity contribution in [3.05, 3.63) is 29.6 Å². The highest BCUT2D eigenvalue weighted by Crippen LogP contribution is 2.22. The van der Waals surface area contributed by atoms with E-state index in [-0.39, 0.29) is 23.9 Å². The van der Waals surface area contributed by atoms with Crippen LogP contribution in [0.15, 0.2) is 18.2 Å². The predicted molar refractivity (Wildman–Crippen MR) is 92.1 cm³/mol. The van der Waals surface area contributed by atoms with E-state index in [1.165, 1.54) is 18.1 Å². The van der Waals surface area contributed by atoms with Crippen molar-refractivity contribution in [2.24, 2.45) is 0 Å². The Balaban J connectivity index is 1.90. The number of rotatable bonds is 3. The summed E-state index contributed by atoms with van der Waals surface area (Å²) in [5, 5.41) is 2.86. The van der Waals surface area contributed by atoms with E-state index in [1.807, 2.05) is 0 Å². The molecule has 25 heavy (non-hydrogen) atoms. The molecule has 1 aliphatic rings. The van der Waals surface area contributed by atoms with Gasteiger partial charge in [-0.25, -0.2) is 14.0 Å². The minimum Gasteiger partial charge on any atom is -0.494 e. The molecular formula is C17H25FN4O3. The van der Waals surface area contributed by atoms with Gasteiger partial charge in [0.2, 0.25) is 0 Å². The summed E-state index contributed by atoms with van der Waals surface area (Å²) >= 11 is 0. The molecular weight excluding hydrogens is 327 g/mol. The van der Waals surface area contributed by atoms with Crippen LogP contribution in [-0.2, 0) is 0 Å². The number of nitrogens with zero attached hydrogens (tertiary/aromatic N) is 3. The zero-order valence-corrected chi connectivity index (χ0v) is 15.1. The summed E-state index contributed by atoms with van der Waals surface area (Å²) in [6.07, 6.45) is 0. The predicted octanol–water partition coefficient (Wildman–Crippen LogP) is 1.90. The van der Waals surface area contributed by atoms with Gasteiger partial charge in [0.05, 0.1) is 13.2 Å². The van der Waals surface area contributed by atoms with E-state index in [4.69, 9.17) is 4.74 Å². The fourth-order valence-electron chi connectivity index (χ4n) is 2.70. The van der Waals surface area contributed by atoms with Crippen LogP contribution in [0, 0.1) is 5.82 Å². The Hall–Kier alpha value is -2.51. The van der Waals surface area contributed by atoms with Crippen molar-refractivity contribution in [1.29, 1.82) is 0 Å². The van der Waals surface area contributed by atoms with E-state index >= 15 is 0 Å². The van der Waals surface area contributed by atoms with E-state index in [2.05, 4.69) is 5.32 Å². The van der Waals surface area contributed by atoms with E-state index in [0.29, 0.717) is 31.7 Å². The second kappa shape index (κ2) is 8.04. The Labute approximate surface area is 147 Å². The average Bonchev–Trinajstić information content (AvgIpc) is 2.60. The molecule has 0 saturated carbocycles. The number of carbonyl (C=O) groups excluding carboxylic acids is 2. The molecule has 0 bridgehead atoms. The maximum atomic E-state index is 13.8. The Morgan fingerprint density at radius 3 is 2.32 bits per heavy atom. The topological polar surface area (TPSA) is 65.1 Å². The molecule has 1 fully saturated rings. The van der Waals surface area contributed by atoms with Crippen LogP contribution >= 0.6 is 0 Å². The fourth-order valence-corrected chi connectivity index (χ4v) is 2.70. The highest BCUT2D eigenvalue weighted by atomic mass is 19.1. The van der Waals surface area contributed by atoms with Gasteiger partial charge in [0.25, 0.3) is 0 Å². The fraction of sp³-hybridized carbons (Fsp3) is 0.529. The van der Waals surface area contributed by atoms with E-state index in [9.17, 15) is 14.0 Å². The van der Waals surface area contributed by atoms with Gasteiger partial charge in [-0.15, -0.1) is 0 Å². The second-order valence-electron chi connectivity index (χ2n) is 6.22. The molecule has 2 rings (SSSR count). The lowest BCUT2D eigenvalue weighted by molar-refractivity contribution is 0.128. The summed E-state index contributed by atoms with van der Waals surface area (Å²) in [5.74, 6) is -0.291. The van der Waals surface area contributed by atoms with Crippen molar-refractivity contribution >= 4 is 12.1 Å². The van der Waals surface area contributed by atoms with Crippen LogP contribution in [0.1, 0.15) is 18.5 Å². The summed E-state index contributed by atoms with van der Waals surface area (Å²) in [4.78, 5) is 29.2. The number of urea groups is 2. The third-order valence-electron chi connectivity index (χ3n) is 4.24. The molecule has 1 heterocycles. The van der Waals surface area contributed by atoms with Crippen molar-refractivity contribution in [3.8, 4) is 5.75 Å². The number of carbonyl (C=O) groups is 2. The maximum Gasteiger partial charge on any atom is 0.319 e. The van der Waals surface area contributed by atoms with Crippen LogP contribution in [0.2, 0.25) is 0 Å². The molecule has 1 N–H and O–H groups in total. The molecule has 4 amide bonds. The van der Waals surface area contributed by atoms with Crippen LogP contribution in [0.3, 0.4) is 0 Å². The van der Waals surface area contributed by atoms with Crippen LogP contribution in [0.5, 0.6) is 5.75 Å². The molecule has 1 aromatic rings. The Bertz CT molecular complexity index is 630. The molecule has 0 aliphatic carbocycles. The quantitative estimate of drug-likeness (QED) is 0.904. The average molecular weight is 352 g/mol. The molecule has 0 spiro atoms. The second-order valence-corrected chi connectivity index (χ2v) is 6.22. The van der Waals surface area contributed by atoms with Gasteiger partial charge in [-0.2, -0.15) is 0 Å². The van der Waals surface area contributed by atoms with Crippen LogP contribution < -0.4 is 10.1 Å². The van der Waals surface area contributed by atoms with Gasteiger partial charge in [-0.1, -0.05) is 6.07 Å². The highest BCUT2D eigenvalue weighted by molar-refractivity contribution is 5.76. The van der Waals surface area contributed by atoms with Crippen molar-refractivity contribution in [2.45, 2.75) is 13.0 Å². The normalized spacial score (nSPS) is 15.6. The van der Waals surface area contributed by atoms with Crippen molar-refractivity contribution in [2.75, 3.05) is 47.4 Å². The van der Waals surface area contributed by atoms with Gasteiger partial charge in [0.15, 0.2) is 11.6 Å². The smallest absolute Gasteiger partial charge is 0.319 e. The molecule has 1 aliphatic heterocycles. The third kappa shape index (κ3) is 4.52. The minimum absolute atomic E-state index is 0.0536. The third-order valence-corrected chi connectivity index (χ3v) is 4.24. The number of hydrogen-bond acceptors (Lipinski definition) is 3. The van der Waals surface area contributed by atoms with Crippen molar-refractivity contribution in [3.63, 3.8) is 0 Å². The number of hydrogen-bond donors (Lipinski definition) is 1. The molecule has 7 nitrogen and oxygen atoms in total. The summed E-state index contributed by atoms with van der Waals surface area (Å²) < 4.78 is 18.7. The van der Waals surface area contributed by atoms with Gasteiger partial charge in [0, 0.05) is 40.3 Å². The summed E-state index contributed by atoms with van der Waals surface area (Å²) in [5.41, 5.74) is 0.660. The standard InChI is InChI=1S/C17H25FN4O3/c1-12(13-5-6-15(25-4)14(18)11-13)19-16(23)21-7-9-22(10-8-21)17(24)20(2)3/h5-6,11-12H,7-10H2,1-4H3,(H,19,23). The first-order valence-electron chi connectivity index (χ1n) is 8.18. The lowest BCUT2D eigenvalue weighted by Crippen LogP contribution is -2.55. The number of methoxy groups -OCH3 is 1. The van der Waals surface area contributed by atoms with Gasteiger partial charge in [-0.3, -0.25) is 0 Å². The Kier molecular flexibility index (Phi) is 6.06. The SMILES string of the molecule is COc1ccc(C(C)NC(=O)N2CCN(C(=O)N(C)C)CC2)cc1F. The molecule has 138 valence electrons. The molecule has 8 heteroatoms. The molecule has 1 unspecified atom stereocenters. The molecule has 1 saturated heterocycles. The Morgan fingerprint density at radius 1 is 1.20 bits per heavy atom. The van der Waals surface area contributed by atoms with Crippen LogP contribution in [0.25, 0.3) is 0 Å². The van der Waals surface area contributed by atoms with E-state index in [1.54, 1.807) is 43.0 Å². The number of amides is 4. The van der Waals surface area contributed by atoms with E-state index in [0.717, 1.165) is 0 Å². The molecule has 1 aromatic carbocycles. The number of ether oxygens (including phenoxy) is 1. The van der Waals surface area contributed by atoms with Gasteiger partial charge >= 0.3 is 12.1 Å². The Morgan fingerprint density at radius 2 is 1.80 bits per heavy atom. The van der Waals surface area contributed by atoms with Gasteiger partial charge in [-0.05, 0) is 24.6 Å². The van der Waals surface area contributed by atoms with Gasteiger partial charge in [0.1, 0.15) is 0 Å². The lowest BCUT2D eigenvalue weighted by atomic mass is 10.1. The first-order chi connectivity index (χ1) is 11.8. The number of benzene rings is 1. The zero-order chi connectivity index (χ0) is 18.6. The first kappa shape index (κ1) is 18.8. The van der Waals surface area contributed by atoms with Crippen LogP contribution in [0.4, 0.5) is 14.0 Å². The molecule has 0 radical (unpaired) electrons. The number of halogens is 1. The maximum absolute atomic E-state index is 13.8. The molecule has 0 aromatic heterocycles. The zero-order valence-electron chi connectivity index (χ0n) is 15.1. The number of piperazine rings is 1. The largest absolute Gasteiger partial charge is 0.494 e. The number of nitrogens with one attached hydrogen (secondary N) is 1. The minimum atomic E-state index is -0.461. The van der Waals surface area contributed by atoms with Gasteiger partial charge < -0.3 is 24.8 Å². The molecule has 1 atom stereocenters. The summed E-state index contributed by atoms with van der Waals surface area (Å²) in [6.45, 7) is 3.72. The van der Waals surface area contributed by atoms with Crippen molar-refractivity contribution in [1.82, 2.24) is 20.0 Å². The van der Waals surface area contributed by atoms with Crippen LogP contribution in [-0.4, -0.2) is 74.1 Å². The summed E-state index contributed by atoms with van der Waals surface area (Å²) in [6, 6.07) is 4.01.